The predicted octanol–water partition coefficient (Wildman–Crippen LogP) is 4.64. The molecule has 0 aliphatic rings. The fourth-order valence-electron chi connectivity index (χ4n) is 3.45. The second-order valence-electron chi connectivity index (χ2n) is 9.17. The van der Waals surface area contributed by atoms with Crippen LogP contribution in [0.25, 0.3) is 11.1 Å². The Hall–Kier alpha value is -2.71. The van der Waals surface area contributed by atoms with Crippen molar-refractivity contribution in [1.29, 1.82) is 0 Å². The first-order chi connectivity index (χ1) is 15.1. The van der Waals surface area contributed by atoms with Gasteiger partial charge in [0.05, 0.1) is 29.4 Å². The quantitative estimate of drug-likeness (QED) is 0.275. The topological polar surface area (TPSA) is 52.6 Å². The van der Waals surface area contributed by atoms with Crippen molar-refractivity contribution in [3.8, 4) is 11.1 Å². The van der Waals surface area contributed by atoms with E-state index in [-0.39, 0.29) is 11.9 Å². The monoisotopic (exact) mass is 466 g/mol. The first kappa shape index (κ1) is 25.6. The molecule has 6 heteroatoms. The maximum absolute atomic E-state index is 11.3. The van der Waals surface area contributed by atoms with Gasteiger partial charge < -0.3 is 9.47 Å². The summed E-state index contributed by atoms with van der Waals surface area (Å²) in [6.07, 6.45) is 2.41. The van der Waals surface area contributed by atoms with E-state index >= 15 is 0 Å². The summed E-state index contributed by atoms with van der Waals surface area (Å²) in [4.78, 5) is 22.5. The Morgan fingerprint density at radius 2 is 1.00 bits per heavy atom. The minimum atomic E-state index is -1.69. The van der Waals surface area contributed by atoms with Crippen molar-refractivity contribution in [3.63, 3.8) is 0 Å². The Morgan fingerprint density at radius 3 is 1.28 bits per heavy atom. The molecular formula is C26H34O4Si2. The van der Waals surface area contributed by atoms with Crippen LogP contribution in [-0.2, 0) is 19.1 Å². The Kier molecular flexibility index (Phi) is 8.98. The van der Waals surface area contributed by atoms with E-state index in [1.54, 1.807) is 0 Å². The number of rotatable bonds is 11. The molecule has 0 aliphatic carbocycles. The first-order valence-corrected chi connectivity index (χ1v) is 17.3. The van der Waals surface area contributed by atoms with Gasteiger partial charge in [0.1, 0.15) is 0 Å². The van der Waals surface area contributed by atoms with Gasteiger partial charge in [-0.2, -0.15) is 0 Å². The summed E-state index contributed by atoms with van der Waals surface area (Å²) >= 11 is 0. The molecule has 0 bridgehead atoms. The van der Waals surface area contributed by atoms with Crippen LogP contribution in [0.15, 0.2) is 73.8 Å². The highest BCUT2D eigenvalue weighted by molar-refractivity contribution is 6.90. The van der Waals surface area contributed by atoms with Crippen molar-refractivity contribution in [1.82, 2.24) is 0 Å². The van der Waals surface area contributed by atoms with Gasteiger partial charge >= 0.3 is 11.9 Å². The highest BCUT2D eigenvalue weighted by atomic mass is 28.3. The van der Waals surface area contributed by atoms with E-state index in [9.17, 15) is 9.59 Å². The fourth-order valence-corrected chi connectivity index (χ4v) is 7.39. The summed E-state index contributed by atoms with van der Waals surface area (Å²) in [6.45, 7) is 16.9. The van der Waals surface area contributed by atoms with Crippen LogP contribution in [0.3, 0.4) is 0 Å². The Balaban J connectivity index is 2.03. The molecule has 0 N–H and O–H groups in total. The lowest BCUT2D eigenvalue weighted by Gasteiger charge is -2.24. The zero-order valence-corrected chi connectivity index (χ0v) is 21.6. The highest BCUT2D eigenvalue weighted by Crippen LogP contribution is 2.20. The summed E-state index contributed by atoms with van der Waals surface area (Å²) in [7, 11) is -3.38. The van der Waals surface area contributed by atoms with Crippen LogP contribution in [0.4, 0.5) is 0 Å². The average molecular weight is 467 g/mol. The molecule has 0 saturated carbocycles. The lowest BCUT2D eigenvalue weighted by Crippen LogP contribution is -2.42. The molecule has 2 aromatic rings. The molecule has 0 atom stereocenters. The van der Waals surface area contributed by atoms with Gasteiger partial charge in [0.15, 0.2) is 0 Å². The first-order valence-electron chi connectivity index (χ1n) is 10.9. The van der Waals surface area contributed by atoms with Crippen LogP contribution in [0.2, 0.25) is 38.3 Å². The molecule has 0 heterocycles. The number of hydrogen-bond acceptors (Lipinski definition) is 4. The zero-order valence-electron chi connectivity index (χ0n) is 19.6. The van der Waals surface area contributed by atoms with Crippen LogP contribution in [0, 0.1) is 0 Å². The minimum Gasteiger partial charge on any atom is -0.463 e. The van der Waals surface area contributed by atoms with E-state index in [0.29, 0.717) is 13.2 Å². The molecule has 0 aromatic heterocycles. The number of benzene rings is 2. The van der Waals surface area contributed by atoms with Crippen LogP contribution >= 0.6 is 0 Å². The van der Waals surface area contributed by atoms with Gasteiger partial charge in [-0.15, -0.1) is 0 Å². The van der Waals surface area contributed by atoms with Gasteiger partial charge in [-0.3, -0.25) is 0 Å². The van der Waals surface area contributed by atoms with Crippen molar-refractivity contribution in [2.24, 2.45) is 0 Å². The van der Waals surface area contributed by atoms with E-state index in [1.807, 2.05) is 0 Å². The molecule has 0 amide bonds. The van der Waals surface area contributed by atoms with Gasteiger partial charge in [0.25, 0.3) is 0 Å². The van der Waals surface area contributed by atoms with Crippen molar-refractivity contribution >= 4 is 38.5 Å². The molecule has 0 radical (unpaired) electrons. The summed E-state index contributed by atoms with van der Waals surface area (Å²) in [5.41, 5.74) is 2.37. The smallest absolute Gasteiger partial charge is 0.330 e. The third-order valence-electron chi connectivity index (χ3n) is 5.94. The number of ether oxygens (including phenoxy) is 2. The van der Waals surface area contributed by atoms with Crippen LogP contribution in [0.1, 0.15) is 0 Å². The molecule has 0 saturated heterocycles. The molecule has 4 nitrogen and oxygen atoms in total. The summed E-state index contributed by atoms with van der Waals surface area (Å²) in [6, 6.07) is 19.3. The summed E-state index contributed by atoms with van der Waals surface area (Å²) in [5.74, 6) is -0.727. The van der Waals surface area contributed by atoms with Crippen molar-refractivity contribution in [3.05, 3.63) is 73.8 Å². The van der Waals surface area contributed by atoms with Gasteiger partial charge in [-0.1, -0.05) is 98.3 Å². The largest absolute Gasteiger partial charge is 0.463 e. The van der Waals surface area contributed by atoms with E-state index in [1.165, 1.54) is 33.7 Å². The summed E-state index contributed by atoms with van der Waals surface area (Å²) < 4.78 is 10.3. The van der Waals surface area contributed by atoms with Crippen molar-refractivity contribution in [2.45, 2.75) is 38.3 Å². The lowest BCUT2D eigenvalue weighted by atomic mass is 10.1. The Bertz CT molecular complexity index is 865. The molecule has 0 spiro atoms. The number of carbonyl (C=O) groups is 2. The maximum Gasteiger partial charge on any atom is 0.330 e. The van der Waals surface area contributed by atoms with Crippen molar-refractivity contribution in [2.75, 3.05) is 13.2 Å². The van der Waals surface area contributed by atoms with E-state index in [2.05, 4.69) is 87.9 Å². The second-order valence-corrected chi connectivity index (χ2v) is 18.9. The van der Waals surface area contributed by atoms with Gasteiger partial charge in [-0.25, -0.2) is 9.59 Å². The van der Waals surface area contributed by atoms with E-state index in [0.717, 1.165) is 12.1 Å². The van der Waals surface area contributed by atoms with Crippen molar-refractivity contribution < 1.29 is 19.1 Å². The van der Waals surface area contributed by atoms with Gasteiger partial charge in [0.2, 0.25) is 0 Å². The van der Waals surface area contributed by atoms with Crippen LogP contribution in [-0.4, -0.2) is 41.3 Å². The van der Waals surface area contributed by atoms with Crippen LogP contribution < -0.4 is 10.4 Å². The second kappa shape index (κ2) is 11.2. The number of esters is 2. The molecular weight excluding hydrogens is 432 g/mol. The summed E-state index contributed by atoms with van der Waals surface area (Å²) in [5, 5.41) is 2.69. The molecule has 0 unspecified atom stereocenters. The van der Waals surface area contributed by atoms with Gasteiger partial charge in [0, 0.05) is 12.2 Å². The average Bonchev–Trinajstić information content (AvgIpc) is 2.78. The molecule has 0 fully saturated rings. The third kappa shape index (κ3) is 7.17. The molecule has 2 rings (SSSR count). The Labute approximate surface area is 194 Å². The number of carbonyl (C=O) groups excluding carboxylic acids is 2. The molecule has 32 heavy (non-hydrogen) atoms. The molecule has 0 aliphatic heterocycles. The van der Waals surface area contributed by atoms with Crippen LogP contribution in [0.5, 0.6) is 0 Å². The zero-order chi connectivity index (χ0) is 23.8. The maximum atomic E-state index is 11.3. The Morgan fingerprint density at radius 1 is 0.688 bits per heavy atom. The third-order valence-corrected chi connectivity index (χ3v) is 12.6. The predicted molar refractivity (Wildman–Crippen MR) is 138 cm³/mol. The van der Waals surface area contributed by atoms with E-state index < -0.39 is 16.1 Å². The molecule has 170 valence electrons. The normalized spacial score (nSPS) is 11.5. The van der Waals surface area contributed by atoms with E-state index in [4.69, 9.17) is 9.47 Å². The highest BCUT2D eigenvalue weighted by Gasteiger charge is 2.25. The standard InChI is InChI=1S/C26H34O4Si2/c1-7-25(27)29-17-19-31(3,4)23-13-9-21(10-14-23)22-11-15-24(16-12-22)32(5,6)20-18-30-26(28)8-2/h7-16H,1-2,17-20H2,3-6H3. The minimum absolute atomic E-state index is 0.363. The number of hydrogen-bond donors (Lipinski definition) is 0. The fraction of sp³-hybridized carbons (Fsp3) is 0.308. The lowest BCUT2D eigenvalue weighted by molar-refractivity contribution is -0.138. The molecule has 2 aromatic carbocycles. The van der Waals surface area contributed by atoms with Gasteiger partial charge in [-0.05, 0) is 23.2 Å². The SMILES string of the molecule is C=CC(=O)OCC[Si](C)(C)c1ccc(-c2ccc([Si](C)(C)CCOC(=O)C=C)cc2)cc1.